The fourth-order valence-corrected chi connectivity index (χ4v) is 5.18. The molecule has 0 aliphatic carbocycles. The second-order valence-corrected chi connectivity index (χ2v) is 8.34. The molecule has 1 aromatic heterocycles. The summed E-state index contributed by atoms with van der Waals surface area (Å²) >= 11 is 1.20. The van der Waals surface area contributed by atoms with E-state index < -0.39 is 10.0 Å². The third-order valence-corrected chi connectivity index (χ3v) is 6.54. The zero-order valence-corrected chi connectivity index (χ0v) is 13.7. The van der Waals surface area contributed by atoms with Crippen molar-refractivity contribution in [2.75, 3.05) is 26.8 Å². The van der Waals surface area contributed by atoms with Gasteiger partial charge >= 0.3 is 0 Å². The third-order valence-electron chi connectivity index (χ3n) is 3.46. The highest BCUT2D eigenvalue weighted by Crippen LogP contribution is 2.24. The van der Waals surface area contributed by atoms with Crippen LogP contribution in [0.3, 0.4) is 0 Å². The van der Waals surface area contributed by atoms with Crippen molar-refractivity contribution in [3.05, 3.63) is 10.7 Å². The average Bonchev–Trinajstić information content (AvgIpc) is 2.95. The molecule has 1 aliphatic rings. The molecule has 0 aromatic carbocycles. The number of nitrogens with one attached hydrogen (secondary N) is 2. The predicted molar refractivity (Wildman–Crippen MR) is 78.6 cm³/mol. The molecule has 8 heteroatoms. The molecule has 1 aliphatic heterocycles. The first-order valence-electron chi connectivity index (χ1n) is 6.56. The van der Waals surface area contributed by atoms with Gasteiger partial charge in [-0.1, -0.05) is 0 Å². The SMILES string of the molecule is COCC1(CNS(=O)(=O)c2sc(C)nc2C)CCCN1. The molecule has 0 amide bonds. The third kappa shape index (κ3) is 3.37. The van der Waals surface area contributed by atoms with Crippen molar-refractivity contribution in [3.63, 3.8) is 0 Å². The molecule has 20 heavy (non-hydrogen) atoms. The summed E-state index contributed by atoms with van der Waals surface area (Å²) in [5.41, 5.74) is 0.260. The minimum atomic E-state index is -3.50. The van der Waals surface area contributed by atoms with E-state index in [1.807, 2.05) is 6.92 Å². The van der Waals surface area contributed by atoms with Crippen LogP contribution in [0, 0.1) is 13.8 Å². The summed E-state index contributed by atoms with van der Waals surface area (Å²) in [5, 5.41) is 4.11. The molecule has 114 valence electrons. The van der Waals surface area contributed by atoms with Crippen LogP contribution in [0.4, 0.5) is 0 Å². The smallest absolute Gasteiger partial charge is 0.252 e. The van der Waals surface area contributed by atoms with Crippen molar-refractivity contribution in [2.45, 2.75) is 36.4 Å². The van der Waals surface area contributed by atoms with Crippen molar-refractivity contribution in [2.24, 2.45) is 0 Å². The van der Waals surface area contributed by atoms with Gasteiger partial charge in [0.15, 0.2) is 4.21 Å². The molecule has 2 N–H and O–H groups in total. The van der Waals surface area contributed by atoms with E-state index in [9.17, 15) is 8.42 Å². The van der Waals surface area contributed by atoms with Gasteiger partial charge in [-0.25, -0.2) is 18.1 Å². The Labute approximate surface area is 124 Å². The monoisotopic (exact) mass is 319 g/mol. The molecular weight excluding hydrogens is 298 g/mol. The first-order valence-corrected chi connectivity index (χ1v) is 8.86. The summed E-state index contributed by atoms with van der Waals surface area (Å²) in [4.78, 5) is 4.17. The molecule has 0 bridgehead atoms. The number of rotatable bonds is 6. The Morgan fingerprint density at radius 1 is 1.50 bits per heavy atom. The molecule has 0 spiro atoms. The van der Waals surface area contributed by atoms with E-state index in [2.05, 4.69) is 15.0 Å². The molecular formula is C12H21N3O3S2. The normalized spacial score (nSPS) is 23.4. The lowest BCUT2D eigenvalue weighted by molar-refractivity contribution is 0.122. The molecule has 2 rings (SSSR count). The molecule has 6 nitrogen and oxygen atoms in total. The van der Waals surface area contributed by atoms with Gasteiger partial charge in [0.1, 0.15) is 0 Å². The van der Waals surface area contributed by atoms with Crippen molar-refractivity contribution in [3.8, 4) is 0 Å². The summed E-state index contributed by atoms with van der Waals surface area (Å²) in [6.07, 6.45) is 1.94. The van der Waals surface area contributed by atoms with E-state index in [0.29, 0.717) is 23.1 Å². The van der Waals surface area contributed by atoms with Gasteiger partial charge in [-0.2, -0.15) is 0 Å². The van der Waals surface area contributed by atoms with Crippen LogP contribution in [0.1, 0.15) is 23.5 Å². The Bertz CT molecular complexity index is 563. The number of sulfonamides is 1. The fraction of sp³-hybridized carbons (Fsp3) is 0.750. The Balaban J connectivity index is 2.10. The van der Waals surface area contributed by atoms with Gasteiger partial charge in [-0.3, -0.25) is 0 Å². The first-order chi connectivity index (χ1) is 9.38. The maximum atomic E-state index is 12.4. The zero-order chi connectivity index (χ0) is 14.8. The molecule has 2 heterocycles. The van der Waals surface area contributed by atoms with Crippen LogP contribution >= 0.6 is 11.3 Å². The number of thiazole rings is 1. The number of ether oxygens (including phenoxy) is 1. The van der Waals surface area contributed by atoms with Crippen LogP contribution in [0.25, 0.3) is 0 Å². The van der Waals surface area contributed by atoms with Gasteiger partial charge in [0.2, 0.25) is 0 Å². The van der Waals surface area contributed by atoms with E-state index >= 15 is 0 Å². The van der Waals surface area contributed by atoms with Gasteiger partial charge in [0.25, 0.3) is 10.0 Å². The lowest BCUT2D eigenvalue weighted by atomic mass is 9.99. The highest BCUT2D eigenvalue weighted by atomic mass is 32.2. The number of nitrogens with zero attached hydrogens (tertiary/aromatic N) is 1. The second kappa shape index (κ2) is 6.07. The fourth-order valence-electron chi connectivity index (χ4n) is 2.53. The van der Waals surface area contributed by atoms with Gasteiger partial charge in [0, 0.05) is 13.7 Å². The van der Waals surface area contributed by atoms with Crippen LogP contribution in [-0.2, 0) is 14.8 Å². The lowest BCUT2D eigenvalue weighted by Crippen LogP contribution is -2.52. The van der Waals surface area contributed by atoms with Gasteiger partial charge in [0.05, 0.1) is 22.8 Å². The van der Waals surface area contributed by atoms with Gasteiger partial charge < -0.3 is 10.1 Å². The summed E-state index contributed by atoms with van der Waals surface area (Å²) < 4.78 is 32.9. The minimum Gasteiger partial charge on any atom is -0.383 e. The number of hydrogen-bond acceptors (Lipinski definition) is 6. The Morgan fingerprint density at radius 3 is 2.75 bits per heavy atom. The van der Waals surface area contributed by atoms with E-state index in [0.717, 1.165) is 24.4 Å². The Morgan fingerprint density at radius 2 is 2.25 bits per heavy atom. The predicted octanol–water partition coefficient (Wildman–Crippen LogP) is 0.807. The van der Waals surface area contributed by atoms with Crippen LogP contribution in [0.5, 0.6) is 0 Å². The number of hydrogen-bond donors (Lipinski definition) is 2. The highest BCUT2D eigenvalue weighted by Gasteiger charge is 2.35. The van der Waals surface area contributed by atoms with Crippen molar-refractivity contribution in [1.29, 1.82) is 0 Å². The van der Waals surface area contributed by atoms with Crippen LogP contribution < -0.4 is 10.0 Å². The minimum absolute atomic E-state index is 0.296. The maximum Gasteiger partial charge on any atom is 0.252 e. The first kappa shape index (κ1) is 15.8. The van der Waals surface area contributed by atoms with Crippen LogP contribution in [-0.4, -0.2) is 45.7 Å². The number of methoxy groups -OCH3 is 1. The zero-order valence-electron chi connectivity index (χ0n) is 12.0. The lowest BCUT2D eigenvalue weighted by Gasteiger charge is -2.28. The van der Waals surface area contributed by atoms with Crippen LogP contribution in [0.15, 0.2) is 4.21 Å². The summed E-state index contributed by atoms with van der Waals surface area (Å²) in [7, 11) is -1.87. The van der Waals surface area contributed by atoms with E-state index in [1.165, 1.54) is 11.3 Å². The number of aromatic nitrogens is 1. The molecule has 1 unspecified atom stereocenters. The molecule has 1 saturated heterocycles. The summed E-state index contributed by atoms with van der Waals surface area (Å²) in [6, 6.07) is 0. The van der Waals surface area contributed by atoms with Crippen LogP contribution in [0.2, 0.25) is 0 Å². The average molecular weight is 319 g/mol. The van der Waals surface area contributed by atoms with Gasteiger partial charge in [-0.15, -0.1) is 11.3 Å². The molecule has 0 radical (unpaired) electrons. The molecule has 1 atom stereocenters. The Kier molecular flexibility index (Phi) is 4.80. The quantitative estimate of drug-likeness (QED) is 0.811. The summed E-state index contributed by atoms with van der Waals surface area (Å²) in [6.45, 7) is 5.25. The van der Waals surface area contributed by atoms with Crippen molar-refractivity contribution >= 4 is 21.4 Å². The van der Waals surface area contributed by atoms with Crippen molar-refractivity contribution < 1.29 is 13.2 Å². The van der Waals surface area contributed by atoms with Gasteiger partial charge in [-0.05, 0) is 33.2 Å². The second-order valence-electron chi connectivity index (χ2n) is 5.17. The van der Waals surface area contributed by atoms with E-state index in [4.69, 9.17) is 4.74 Å². The number of aryl methyl sites for hydroxylation is 2. The molecule has 1 fully saturated rings. The summed E-state index contributed by atoms with van der Waals surface area (Å²) in [5.74, 6) is 0. The standard InChI is InChI=1S/C12H21N3O3S2/c1-9-11(19-10(2)15-9)20(16,17)14-7-12(8-18-3)5-4-6-13-12/h13-14H,4-8H2,1-3H3. The van der Waals surface area contributed by atoms with Crippen molar-refractivity contribution in [1.82, 2.24) is 15.0 Å². The maximum absolute atomic E-state index is 12.4. The molecule has 1 aromatic rings. The topological polar surface area (TPSA) is 80.3 Å². The van der Waals surface area contributed by atoms with E-state index in [1.54, 1.807) is 14.0 Å². The largest absolute Gasteiger partial charge is 0.383 e. The highest BCUT2D eigenvalue weighted by molar-refractivity contribution is 7.91. The Hall–Kier alpha value is -0.540. The van der Waals surface area contributed by atoms with E-state index in [-0.39, 0.29) is 5.54 Å². The molecule has 0 saturated carbocycles.